The second-order valence-corrected chi connectivity index (χ2v) is 7.60. The van der Waals surface area contributed by atoms with Crippen LogP contribution >= 0.6 is 24.0 Å². The first-order chi connectivity index (χ1) is 13.7. The van der Waals surface area contributed by atoms with Crippen molar-refractivity contribution in [1.29, 1.82) is 0 Å². The molecule has 1 aromatic heterocycles. The van der Waals surface area contributed by atoms with Gasteiger partial charge < -0.3 is 20.0 Å². The summed E-state index contributed by atoms with van der Waals surface area (Å²) in [5, 5.41) is 3.38. The Balaban J connectivity index is 0.00000300. The maximum absolute atomic E-state index is 12.6. The number of piperidine rings is 1. The topological polar surface area (TPSA) is 77.0 Å². The van der Waals surface area contributed by atoms with Crippen LogP contribution < -0.4 is 10.2 Å². The summed E-state index contributed by atoms with van der Waals surface area (Å²) in [6.07, 6.45) is 6.46. The molecular formula is C20H34IN7O. The maximum atomic E-state index is 12.6. The SMILES string of the molecule is CCNC(=NCCC(=O)N1CCN(c2ncccn2)CC1)N1CCCC(C)C1.I. The van der Waals surface area contributed by atoms with Crippen LogP contribution in [-0.2, 0) is 4.79 Å². The molecule has 9 heteroatoms. The molecule has 2 fully saturated rings. The number of likely N-dealkylation sites (tertiary alicyclic amines) is 1. The highest BCUT2D eigenvalue weighted by molar-refractivity contribution is 14.0. The Morgan fingerprint density at radius 3 is 2.55 bits per heavy atom. The Bertz CT molecular complexity index is 649. The van der Waals surface area contributed by atoms with Crippen molar-refractivity contribution in [2.75, 3.05) is 57.3 Å². The minimum Gasteiger partial charge on any atom is -0.357 e. The first-order valence-electron chi connectivity index (χ1n) is 10.5. The van der Waals surface area contributed by atoms with Crippen LogP contribution in [0.15, 0.2) is 23.5 Å². The van der Waals surface area contributed by atoms with Gasteiger partial charge in [0, 0.05) is 64.6 Å². The van der Waals surface area contributed by atoms with E-state index >= 15 is 0 Å². The summed E-state index contributed by atoms with van der Waals surface area (Å²) in [5.41, 5.74) is 0. The Morgan fingerprint density at radius 2 is 1.90 bits per heavy atom. The van der Waals surface area contributed by atoms with Crippen LogP contribution in [0.5, 0.6) is 0 Å². The molecule has 3 rings (SSSR count). The highest BCUT2D eigenvalue weighted by atomic mass is 127. The fourth-order valence-corrected chi connectivity index (χ4v) is 3.83. The number of carbonyl (C=O) groups is 1. The standard InChI is InChI=1S/C20H33N7O.HI/c1-3-21-19(27-11-4-6-17(2)16-27)24-10-7-18(28)25-12-14-26(15-13-25)20-22-8-5-9-23-20;/h5,8-9,17H,3-4,6-7,10-16H2,1-2H3,(H,21,24);1H. The van der Waals surface area contributed by atoms with Gasteiger partial charge in [-0.15, -0.1) is 24.0 Å². The van der Waals surface area contributed by atoms with Gasteiger partial charge in [0.15, 0.2) is 5.96 Å². The van der Waals surface area contributed by atoms with Gasteiger partial charge in [-0.05, 0) is 31.7 Å². The Morgan fingerprint density at radius 1 is 1.17 bits per heavy atom. The van der Waals surface area contributed by atoms with Gasteiger partial charge in [-0.25, -0.2) is 9.97 Å². The predicted molar refractivity (Wildman–Crippen MR) is 127 cm³/mol. The highest BCUT2D eigenvalue weighted by Gasteiger charge is 2.23. The number of rotatable bonds is 5. The molecule has 0 aromatic carbocycles. The smallest absolute Gasteiger partial charge is 0.225 e. The Kier molecular flexibility index (Phi) is 9.89. The number of aromatic nitrogens is 2. The number of nitrogens with zero attached hydrogens (tertiary/aromatic N) is 6. The van der Waals surface area contributed by atoms with Crippen molar-refractivity contribution >= 4 is 41.8 Å². The largest absolute Gasteiger partial charge is 0.357 e. The number of guanidine groups is 1. The summed E-state index contributed by atoms with van der Waals surface area (Å²) >= 11 is 0. The van der Waals surface area contributed by atoms with Crippen molar-refractivity contribution in [2.24, 2.45) is 10.9 Å². The second-order valence-electron chi connectivity index (χ2n) is 7.60. The van der Waals surface area contributed by atoms with Crippen molar-refractivity contribution in [3.8, 4) is 0 Å². The van der Waals surface area contributed by atoms with Gasteiger partial charge >= 0.3 is 0 Å². The Hall–Kier alpha value is -1.65. The van der Waals surface area contributed by atoms with E-state index in [1.807, 2.05) is 11.0 Å². The molecular weight excluding hydrogens is 481 g/mol. The van der Waals surface area contributed by atoms with E-state index in [1.165, 1.54) is 12.8 Å². The Labute approximate surface area is 191 Å². The first kappa shape index (κ1) is 23.6. The van der Waals surface area contributed by atoms with E-state index in [9.17, 15) is 4.79 Å². The zero-order valence-corrected chi connectivity index (χ0v) is 19.9. The average Bonchev–Trinajstić information content (AvgIpc) is 2.74. The van der Waals surface area contributed by atoms with Crippen LogP contribution in [0.2, 0.25) is 0 Å². The second kappa shape index (κ2) is 12.1. The molecule has 162 valence electrons. The molecule has 8 nitrogen and oxygen atoms in total. The van der Waals surface area contributed by atoms with E-state index in [-0.39, 0.29) is 29.9 Å². The lowest BCUT2D eigenvalue weighted by molar-refractivity contribution is -0.131. The van der Waals surface area contributed by atoms with E-state index in [0.717, 1.165) is 44.6 Å². The maximum Gasteiger partial charge on any atom is 0.225 e. The third kappa shape index (κ3) is 6.97. The zero-order valence-electron chi connectivity index (χ0n) is 17.6. The minimum atomic E-state index is 0. The van der Waals surface area contributed by atoms with Gasteiger partial charge in [0.25, 0.3) is 0 Å². The monoisotopic (exact) mass is 515 g/mol. The molecule has 0 bridgehead atoms. The van der Waals surface area contributed by atoms with Gasteiger partial charge in [0.2, 0.25) is 11.9 Å². The number of anilines is 1. The van der Waals surface area contributed by atoms with E-state index in [4.69, 9.17) is 4.99 Å². The molecule has 2 aliphatic rings. The third-order valence-electron chi connectivity index (χ3n) is 5.35. The third-order valence-corrected chi connectivity index (χ3v) is 5.35. The van der Waals surface area contributed by atoms with E-state index in [0.29, 0.717) is 32.0 Å². The van der Waals surface area contributed by atoms with Gasteiger partial charge in [-0.2, -0.15) is 0 Å². The molecule has 1 unspecified atom stereocenters. The quantitative estimate of drug-likeness (QED) is 0.367. The lowest BCUT2D eigenvalue weighted by Crippen LogP contribution is -2.49. The van der Waals surface area contributed by atoms with Crippen LogP contribution in [-0.4, -0.2) is 84.0 Å². The van der Waals surface area contributed by atoms with E-state index < -0.39 is 0 Å². The van der Waals surface area contributed by atoms with Crippen molar-refractivity contribution in [3.05, 3.63) is 18.5 Å². The molecule has 0 spiro atoms. The van der Waals surface area contributed by atoms with Crippen molar-refractivity contribution in [1.82, 2.24) is 25.1 Å². The number of carbonyl (C=O) groups excluding carboxylic acids is 1. The van der Waals surface area contributed by atoms with Gasteiger partial charge in [0.1, 0.15) is 0 Å². The van der Waals surface area contributed by atoms with E-state index in [1.54, 1.807) is 12.4 Å². The summed E-state index contributed by atoms with van der Waals surface area (Å²) in [5.74, 6) is 2.57. The molecule has 1 atom stereocenters. The number of piperazine rings is 1. The summed E-state index contributed by atoms with van der Waals surface area (Å²) in [7, 11) is 0. The summed E-state index contributed by atoms with van der Waals surface area (Å²) in [6.45, 7) is 10.8. The molecule has 29 heavy (non-hydrogen) atoms. The molecule has 1 aromatic rings. The molecule has 3 heterocycles. The summed E-state index contributed by atoms with van der Waals surface area (Å²) in [4.78, 5) is 32.3. The fourth-order valence-electron chi connectivity index (χ4n) is 3.83. The van der Waals surface area contributed by atoms with Crippen LogP contribution in [0, 0.1) is 5.92 Å². The van der Waals surface area contributed by atoms with Gasteiger partial charge in [0.05, 0.1) is 6.54 Å². The summed E-state index contributed by atoms with van der Waals surface area (Å²) < 4.78 is 0. The lowest BCUT2D eigenvalue weighted by atomic mass is 10.0. The van der Waals surface area contributed by atoms with Gasteiger partial charge in [-0.3, -0.25) is 9.79 Å². The molecule has 0 radical (unpaired) electrons. The average molecular weight is 515 g/mol. The minimum absolute atomic E-state index is 0. The van der Waals surface area contributed by atoms with Crippen molar-refractivity contribution < 1.29 is 4.79 Å². The zero-order chi connectivity index (χ0) is 19.8. The van der Waals surface area contributed by atoms with Crippen LogP contribution in [0.4, 0.5) is 5.95 Å². The van der Waals surface area contributed by atoms with Crippen LogP contribution in [0.1, 0.15) is 33.1 Å². The molecule has 1 amide bonds. The number of halogens is 1. The molecule has 2 aliphatic heterocycles. The molecule has 2 saturated heterocycles. The molecule has 0 aliphatic carbocycles. The van der Waals surface area contributed by atoms with Crippen LogP contribution in [0.25, 0.3) is 0 Å². The predicted octanol–water partition coefficient (Wildman–Crippen LogP) is 1.83. The normalized spacial score (nSPS) is 20.3. The highest BCUT2D eigenvalue weighted by Crippen LogP contribution is 2.15. The fraction of sp³-hybridized carbons (Fsp3) is 0.700. The molecule has 0 saturated carbocycles. The van der Waals surface area contributed by atoms with Crippen LogP contribution in [0.3, 0.4) is 0 Å². The number of nitrogens with one attached hydrogen (secondary N) is 1. The number of hydrogen-bond donors (Lipinski definition) is 1. The van der Waals surface area contributed by atoms with Gasteiger partial charge in [-0.1, -0.05) is 6.92 Å². The van der Waals surface area contributed by atoms with Crippen molar-refractivity contribution in [3.63, 3.8) is 0 Å². The van der Waals surface area contributed by atoms with E-state index in [2.05, 4.69) is 38.9 Å². The number of hydrogen-bond acceptors (Lipinski definition) is 5. The number of amides is 1. The first-order valence-corrected chi connectivity index (χ1v) is 10.5. The summed E-state index contributed by atoms with van der Waals surface area (Å²) in [6, 6.07) is 1.82. The number of aliphatic imine (C=N–C) groups is 1. The molecule has 1 N–H and O–H groups in total. The van der Waals surface area contributed by atoms with Crippen molar-refractivity contribution in [2.45, 2.75) is 33.1 Å². The lowest BCUT2D eigenvalue weighted by Gasteiger charge is -2.35.